The second kappa shape index (κ2) is 10.4. The second-order valence-electron chi connectivity index (χ2n) is 6.04. The summed E-state index contributed by atoms with van der Waals surface area (Å²) in [6, 6.07) is 4.81. The highest BCUT2D eigenvalue weighted by Gasteiger charge is 2.24. The highest BCUT2D eigenvalue weighted by Crippen LogP contribution is 2.18. The molecule has 1 aromatic rings. The van der Waals surface area contributed by atoms with Crippen LogP contribution in [0, 0.1) is 5.82 Å². The number of likely N-dealkylation sites (tertiary alicyclic amines) is 1. The molecular formula is C18H26BrFN4O2. The van der Waals surface area contributed by atoms with E-state index in [4.69, 9.17) is 4.74 Å². The predicted octanol–water partition coefficient (Wildman–Crippen LogP) is 3.26. The van der Waals surface area contributed by atoms with Crippen molar-refractivity contribution >= 4 is 28.0 Å². The van der Waals surface area contributed by atoms with E-state index in [1.165, 1.54) is 12.1 Å². The van der Waals surface area contributed by atoms with Gasteiger partial charge >= 0.3 is 6.09 Å². The predicted molar refractivity (Wildman–Crippen MR) is 104 cm³/mol. The van der Waals surface area contributed by atoms with Crippen molar-refractivity contribution in [3.8, 4) is 0 Å². The Kier molecular flexibility index (Phi) is 8.15. The molecule has 144 valence electrons. The molecule has 0 spiro atoms. The number of nitrogens with one attached hydrogen (secondary N) is 2. The normalized spacial score (nSPS) is 15.7. The van der Waals surface area contributed by atoms with E-state index in [9.17, 15) is 9.18 Å². The summed E-state index contributed by atoms with van der Waals surface area (Å²) < 4.78 is 19.3. The van der Waals surface area contributed by atoms with Crippen LogP contribution in [0.25, 0.3) is 0 Å². The minimum Gasteiger partial charge on any atom is -0.450 e. The summed E-state index contributed by atoms with van der Waals surface area (Å²) in [5, 5.41) is 6.62. The number of hydrogen-bond donors (Lipinski definition) is 2. The van der Waals surface area contributed by atoms with Gasteiger partial charge in [-0.15, -0.1) is 0 Å². The van der Waals surface area contributed by atoms with Gasteiger partial charge in [-0.25, -0.2) is 14.2 Å². The largest absolute Gasteiger partial charge is 0.450 e. The van der Waals surface area contributed by atoms with Gasteiger partial charge in [0.25, 0.3) is 0 Å². The summed E-state index contributed by atoms with van der Waals surface area (Å²) in [7, 11) is 0. The standard InChI is InChI=1S/C18H26BrFN4O2/c1-3-21-17(22-12-13-11-14(20)5-6-16(13)19)23-15-7-9-24(10-8-15)18(25)26-4-2/h5-6,11,15H,3-4,7-10,12H2,1-2H3,(H2,21,22,23). The number of halogens is 2. The zero-order valence-electron chi connectivity index (χ0n) is 15.2. The molecule has 6 nitrogen and oxygen atoms in total. The molecule has 1 heterocycles. The van der Waals surface area contributed by atoms with Gasteiger partial charge in [0.2, 0.25) is 0 Å². The number of piperidine rings is 1. The van der Waals surface area contributed by atoms with E-state index < -0.39 is 0 Å². The van der Waals surface area contributed by atoms with Crippen LogP contribution in [0.5, 0.6) is 0 Å². The van der Waals surface area contributed by atoms with Crippen molar-refractivity contribution in [2.75, 3.05) is 26.2 Å². The monoisotopic (exact) mass is 428 g/mol. The lowest BCUT2D eigenvalue weighted by molar-refractivity contribution is 0.0963. The van der Waals surface area contributed by atoms with Crippen LogP contribution in [-0.2, 0) is 11.3 Å². The molecule has 1 aliphatic heterocycles. The first-order valence-corrected chi connectivity index (χ1v) is 9.73. The number of carbonyl (C=O) groups is 1. The average Bonchev–Trinajstić information content (AvgIpc) is 2.63. The van der Waals surface area contributed by atoms with Gasteiger partial charge in [0, 0.05) is 30.1 Å². The Morgan fingerprint density at radius 1 is 1.38 bits per heavy atom. The lowest BCUT2D eigenvalue weighted by Crippen LogP contribution is -2.49. The van der Waals surface area contributed by atoms with Gasteiger partial charge in [0.1, 0.15) is 5.82 Å². The Labute approximate surface area is 162 Å². The van der Waals surface area contributed by atoms with Gasteiger partial charge in [0.05, 0.1) is 13.2 Å². The van der Waals surface area contributed by atoms with E-state index in [1.54, 1.807) is 11.0 Å². The number of nitrogens with zero attached hydrogens (tertiary/aromatic N) is 2. The molecule has 1 aromatic carbocycles. The molecule has 1 aliphatic rings. The van der Waals surface area contributed by atoms with Gasteiger partial charge in [-0.1, -0.05) is 15.9 Å². The molecular weight excluding hydrogens is 403 g/mol. The minimum absolute atomic E-state index is 0.231. The lowest BCUT2D eigenvalue weighted by atomic mass is 10.1. The molecule has 0 saturated carbocycles. The van der Waals surface area contributed by atoms with Crippen molar-refractivity contribution in [2.24, 2.45) is 4.99 Å². The van der Waals surface area contributed by atoms with Crippen molar-refractivity contribution in [2.45, 2.75) is 39.3 Å². The van der Waals surface area contributed by atoms with Crippen LogP contribution in [-0.4, -0.2) is 49.2 Å². The first kappa shape index (κ1) is 20.5. The van der Waals surface area contributed by atoms with Crippen molar-refractivity contribution in [1.29, 1.82) is 0 Å². The SMILES string of the molecule is CCNC(=NCc1cc(F)ccc1Br)NC1CCN(C(=O)OCC)CC1. The Morgan fingerprint density at radius 3 is 2.77 bits per heavy atom. The number of guanidine groups is 1. The van der Waals surface area contributed by atoms with Gasteiger partial charge in [-0.05, 0) is 50.5 Å². The number of amides is 1. The Morgan fingerprint density at radius 2 is 2.12 bits per heavy atom. The molecule has 1 saturated heterocycles. The maximum absolute atomic E-state index is 13.4. The van der Waals surface area contributed by atoms with Crippen LogP contribution in [0.2, 0.25) is 0 Å². The Bertz CT molecular complexity index is 634. The molecule has 0 aromatic heterocycles. The van der Waals surface area contributed by atoms with E-state index in [1.807, 2.05) is 13.8 Å². The van der Waals surface area contributed by atoms with Crippen LogP contribution in [0.4, 0.5) is 9.18 Å². The molecule has 26 heavy (non-hydrogen) atoms. The van der Waals surface area contributed by atoms with E-state index in [-0.39, 0.29) is 18.0 Å². The molecule has 2 N–H and O–H groups in total. The van der Waals surface area contributed by atoms with Gasteiger partial charge in [-0.3, -0.25) is 0 Å². The first-order chi connectivity index (χ1) is 12.5. The fourth-order valence-electron chi connectivity index (χ4n) is 2.76. The zero-order chi connectivity index (χ0) is 18.9. The van der Waals surface area contributed by atoms with Crippen LogP contribution in [0.1, 0.15) is 32.3 Å². The molecule has 1 fully saturated rings. The Hall–Kier alpha value is -1.83. The fraction of sp³-hybridized carbons (Fsp3) is 0.556. The van der Waals surface area contributed by atoms with Crippen LogP contribution >= 0.6 is 15.9 Å². The number of ether oxygens (including phenoxy) is 1. The summed E-state index contributed by atoms with van der Waals surface area (Å²) >= 11 is 3.42. The van der Waals surface area contributed by atoms with Crippen molar-refractivity contribution < 1.29 is 13.9 Å². The summed E-state index contributed by atoms with van der Waals surface area (Å²) in [5.41, 5.74) is 0.791. The summed E-state index contributed by atoms with van der Waals surface area (Å²) in [5.74, 6) is 0.418. The molecule has 0 bridgehead atoms. The Balaban J connectivity index is 1.92. The number of aliphatic imine (C=N–C) groups is 1. The molecule has 2 rings (SSSR count). The first-order valence-electron chi connectivity index (χ1n) is 8.94. The van der Waals surface area contributed by atoms with Crippen LogP contribution in [0.3, 0.4) is 0 Å². The number of benzene rings is 1. The third kappa shape index (κ3) is 6.16. The summed E-state index contributed by atoms with van der Waals surface area (Å²) in [6.45, 7) is 6.62. The quantitative estimate of drug-likeness (QED) is 0.557. The molecule has 0 atom stereocenters. The number of hydrogen-bond acceptors (Lipinski definition) is 3. The second-order valence-corrected chi connectivity index (χ2v) is 6.89. The highest BCUT2D eigenvalue weighted by molar-refractivity contribution is 9.10. The number of carbonyl (C=O) groups excluding carboxylic acids is 1. The third-order valence-electron chi connectivity index (χ3n) is 4.12. The summed E-state index contributed by atoms with van der Waals surface area (Å²) in [6.07, 6.45) is 1.40. The molecule has 1 amide bonds. The van der Waals surface area contributed by atoms with Gasteiger partial charge in [0.15, 0.2) is 5.96 Å². The van der Waals surface area contributed by atoms with E-state index in [0.29, 0.717) is 32.2 Å². The molecule has 0 unspecified atom stereocenters. The average molecular weight is 429 g/mol. The maximum atomic E-state index is 13.4. The van der Waals surface area contributed by atoms with Crippen LogP contribution < -0.4 is 10.6 Å². The lowest BCUT2D eigenvalue weighted by Gasteiger charge is -2.32. The van der Waals surface area contributed by atoms with E-state index >= 15 is 0 Å². The van der Waals surface area contributed by atoms with E-state index in [2.05, 4.69) is 31.6 Å². The maximum Gasteiger partial charge on any atom is 0.409 e. The van der Waals surface area contributed by atoms with E-state index in [0.717, 1.165) is 29.4 Å². The van der Waals surface area contributed by atoms with Crippen molar-refractivity contribution in [3.63, 3.8) is 0 Å². The van der Waals surface area contributed by atoms with Crippen molar-refractivity contribution in [1.82, 2.24) is 15.5 Å². The smallest absolute Gasteiger partial charge is 0.409 e. The fourth-order valence-corrected chi connectivity index (χ4v) is 3.14. The topological polar surface area (TPSA) is 66.0 Å². The summed E-state index contributed by atoms with van der Waals surface area (Å²) in [4.78, 5) is 18.0. The number of rotatable bonds is 5. The third-order valence-corrected chi connectivity index (χ3v) is 4.89. The molecule has 0 radical (unpaired) electrons. The van der Waals surface area contributed by atoms with Gasteiger partial charge in [-0.2, -0.15) is 0 Å². The zero-order valence-corrected chi connectivity index (χ0v) is 16.8. The van der Waals surface area contributed by atoms with Gasteiger partial charge < -0.3 is 20.3 Å². The minimum atomic E-state index is -0.275. The molecule has 0 aliphatic carbocycles. The van der Waals surface area contributed by atoms with Crippen molar-refractivity contribution in [3.05, 3.63) is 34.1 Å². The van der Waals surface area contributed by atoms with Crippen LogP contribution in [0.15, 0.2) is 27.7 Å². The highest BCUT2D eigenvalue weighted by atomic mass is 79.9. The molecule has 8 heteroatoms.